The van der Waals surface area contributed by atoms with E-state index in [1.165, 1.54) is 0 Å². The molecule has 1 aromatic heterocycles. The second-order valence-corrected chi connectivity index (χ2v) is 6.68. The van der Waals surface area contributed by atoms with E-state index in [-0.39, 0.29) is 5.91 Å². The molecule has 0 radical (unpaired) electrons. The Hall–Kier alpha value is -3.19. The van der Waals surface area contributed by atoms with Gasteiger partial charge in [0.1, 0.15) is 5.75 Å². The summed E-state index contributed by atoms with van der Waals surface area (Å²) >= 11 is 0. The van der Waals surface area contributed by atoms with Crippen LogP contribution in [0.3, 0.4) is 0 Å². The Morgan fingerprint density at radius 3 is 2.59 bits per heavy atom. The number of rotatable bonds is 10. The van der Waals surface area contributed by atoms with E-state index in [1.807, 2.05) is 59.5 Å². The zero-order valence-electron chi connectivity index (χ0n) is 16.6. The third-order valence-corrected chi connectivity index (χ3v) is 4.57. The summed E-state index contributed by atoms with van der Waals surface area (Å²) in [5.74, 6) is 1.76. The fourth-order valence-corrected chi connectivity index (χ4v) is 2.96. The van der Waals surface area contributed by atoms with Gasteiger partial charge in [-0.05, 0) is 42.8 Å². The molecule has 7 heteroatoms. The number of hydrogen-bond acceptors (Lipinski definition) is 6. The Bertz CT molecular complexity index is 894. The van der Waals surface area contributed by atoms with Crippen LogP contribution in [0, 0.1) is 0 Å². The molecule has 0 spiro atoms. The summed E-state index contributed by atoms with van der Waals surface area (Å²) in [5, 5.41) is 4.01. The van der Waals surface area contributed by atoms with E-state index in [1.54, 1.807) is 7.11 Å². The molecule has 0 fully saturated rings. The molecule has 3 aromatic rings. The average molecular weight is 394 g/mol. The highest BCUT2D eigenvalue weighted by molar-refractivity contribution is 5.76. The molecular formula is C22H26N4O3. The van der Waals surface area contributed by atoms with Crippen LogP contribution in [0.1, 0.15) is 24.3 Å². The Morgan fingerprint density at radius 1 is 1.14 bits per heavy atom. The van der Waals surface area contributed by atoms with Crippen molar-refractivity contribution in [2.24, 2.45) is 5.73 Å². The Balaban J connectivity index is 1.59. The van der Waals surface area contributed by atoms with Crippen LogP contribution in [-0.4, -0.2) is 41.1 Å². The number of benzene rings is 2. The van der Waals surface area contributed by atoms with Crippen molar-refractivity contribution >= 4 is 5.91 Å². The standard InChI is InChI=1S/C22H26N4O3/c1-28-19-10-8-18(9-11-19)22-24-20(29-25-22)12-13-21(27)26(15-5-14-23)16-17-6-3-2-4-7-17/h2-4,6-11H,5,12-16,23H2,1H3. The lowest BCUT2D eigenvalue weighted by atomic mass is 10.2. The average Bonchev–Trinajstić information content (AvgIpc) is 3.25. The molecule has 7 nitrogen and oxygen atoms in total. The fraction of sp³-hybridized carbons (Fsp3) is 0.318. The van der Waals surface area contributed by atoms with Crippen LogP contribution in [0.5, 0.6) is 5.75 Å². The van der Waals surface area contributed by atoms with Crippen LogP contribution in [0.25, 0.3) is 11.4 Å². The normalized spacial score (nSPS) is 10.7. The van der Waals surface area contributed by atoms with Gasteiger partial charge < -0.3 is 19.9 Å². The second kappa shape index (κ2) is 10.4. The van der Waals surface area contributed by atoms with Gasteiger partial charge in [0.15, 0.2) is 0 Å². The Morgan fingerprint density at radius 2 is 1.90 bits per heavy atom. The summed E-state index contributed by atoms with van der Waals surface area (Å²) in [6.07, 6.45) is 1.47. The molecule has 2 N–H and O–H groups in total. The number of aryl methyl sites for hydroxylation is 1. The van der Waals surface area contributed by atoms with Crippen molar-refractivity contribution < 1.29 is 14.1 Å². The van der Waals surface area contributed by atoms with Gasteiger partial charge in [0.05, 0.1) is 7.11 Å². The topological polar surface area (TPSA) is 94.5 Å². The van der Waals surface area contributed by atoms with E-state index in [0.29, 0.717) is 44.2 Å². The minimum absolute atomic E-state index is 0.0477. The van der Waals surface area contributed by atoms with Gasteiger partial charge in [0.2, 0.25) is 17.6 Å². The smallest absolute Gasteiger partial charge is 0.227 e. The molecule has 0 saturated heterocycles. The first kappa shape index (κ1) is 20.5. The first-order valence-corrected chi connectivity index (χ1v) is 9.68. The van der Waals surface area contributed by atoms with E-state index in [4.69, 9.17) is 15.0 Å². The highest BCUT2D eigenvalue weighted by Crippen LogP contribution is 2.20. The largest absolute Gasteiger partial charge is 0.497 e. The van der Waals surface area contributed by atoms with Crippen molar-refractivity contribution in [3.63, 3.8) is 0 Å². The predicted molar refractivity (Wildman–Crippen MR) is 110 cm³/mol. The predicted octanol–water partition coefficient (Wildman–Crippen LogP) is 3.06. The molecule has 0 aliphatic carbocycles. The third-order valence-electron chi connectivity index (χ3n) is 4.57. The quantitative estimate of drug-likeness (QED) is 0.568. The lowest BCUT2D eigenvalue weighted by molar-refractivity contribution is -0.131. The summed E-state index contributed by atoms with van der Waals surface area (Å²) in [4.78, 5) is 19.0. The van der Waals surface area contributed by atoms with E-state index in [9.17, 15) is 4.79 Å². The van der Waals surface area contributed by atoms with Crippen molar-refractivity contribution in [2.45, 2.75) is 25.8 Å². The molecule has 29 heavy (non-hydrogen) atoms. The van der Waals surface area contributed by atoms with Crippen molar-refractivity contribution in [2.75, 3.05) is 20.2 Å². The zero-order valence-corrected chi connectivity index (χ0v) is 16.6. The molecule has 1 amide bonds. The zero-order chi connectivity index (χ0) is 20.5. The highest BCUT2D eigenvalue weighted by atomic mass is 16.5. The monoisotopic (exact) mass is 394 g/mol. The van der Waals surface area contributed by atoms with E-state index in [0.717, 1.165) is 23.3 Å². The molecule has 152 valence electrons. The Labute approximate surface area is 170 Å². The molecule has 0 unspecified atom stereocenters. The molecule has 1 heterocycles. The van der Waals surface area contributed by atoms with Crippen molar-refractivity contribution in [1.82, 2.24) is 15.0 Å². The number of aromatic nitrogens is 2. The first-order chi connectivity index (χ1) is 14.2. The highest BCUT2D eigenvalue weighted by Gasteiger charge is 2.16. The van der Waals surface area contributed by atoms with E-state index >= 15 is 0 Å². The summed E-state index contributed by atoms with van der Waals surface area (Å²) in [6.45, 7) is 1.75. The van der Waals surface area contributed by atoms with Gasteiger partial charge in [-0.25, -0.2) is 0 Å². The molecule has 2 aromatic carbocycles. The van der Waals surface area contributed by atoms with Gasteiger partial charge in [-0.2, -0.15) is 4.98 Å². The van der Waals surface area contributed by atoms with Crippen LogP contribution in [0.4, 0.5) is 0 Å². The van der Waals surface area contributed by atoms with E-state index < -0.39 is 0 Å². The van der Waals surface area contributed by atoms with Crippen LogP contribution >= 0.6 is 0 Å². The SMILES string of the molecule is COc1ccc(-c2noc(CCC(=O)N(CCCN)Cc3ccccc3)n2)cc1. The van der Waals surface area contributed by atoms with Crippen molar-refractivity contribution in [1.29, 1.82) is 0 Å². The minimum Gasteiger partial charge on any atom is -0.497 e. The summed E-state index contributed by atoms with van der Waals surface area (Å²) in [5.41, 5.74) is 7.56. The maximum atomic E-state index is 12.8. The summed E-state index contributed by atoms with van der Waals surface area (Å²) in [7, 11) is 1.62. The number of ether oxygens (including phenoxy) is 1. The number of nitrogens with zero attached hydrogens (tertiary/aromatic N) is 3. The number of methoxy groups -OCH3 is 1. The third kappa shape index (κ3) is 5.89. The second-order valence-electron chi connectivity index (χ2n) is 6.68. The lowest BCUT2D eigenvalue weighted by Crippen LogP contribution is -2.32. The molecule has 3 rings (SSSR count). The number of carbonyl (C=O) groups is 1. The Kier molecular flexibility index (Phi) is 7.35. The van der Waals surface area contributed by atoms with E-state index in [2.05, 4.69) is 10.1 Å². The molecule has 0 bridgehead atoms. The number of nitrogens with two attached hydrogens (primary N) is 1. The first-order valence-electron chi connectivity index (χ1n) is 9.68. The summed E-state index contributed by atoms with van der Waals surface area (Å²) in [6, 6.07) is 17.4. The number of amides is 1. The van der Waals surface area contributed by atoms with Crippen LogP contribution in [-0.2, 0) is 17.8 Å². The number of hydrogen-bond donors (Lipinski definition) is 1. The number of carbonyl (C=O) groups excluding carboxylic acids is 1. The maximum absolute atomic E-state index is 12.8. The van der Waals surface area contributed by atoms with Crippen LogP contribution in [0.15, 0.2) is 59.1 Å². The molecule has 0 atom stereocenters. The van der Waals surface area contributed by atoms with Crippen molar-refractivity contribution in [3.05, 3.63) is 66.1 Å². The van der Waals surface area contributed by atoms with Gasteiger partial charge in [-0.3, -0.25) is 4.79 Å². The van der Waals surface area contributed by atoms with Gasteiger partial charge in [-0.15, -0.1) is 0 Å². The lowest BCUT2D eigenvalue weighted by Gasteiger charge is -2.22. The molecule has 0 aliphatic rings. The summed E-state index contributed by atoms with van der Waals surface area (Å²) < 4.78 is 10.5. The molecule has 0 saturated carbocycles. The van der Waals surface area contributed by atoms with Crippen molar-refractivity contribution in [3.8, 4) is 17.1 Å². The van der Waals surface area contributed by atoms with Gasteiger partial charge in [0, 0.05) is 31.5 Å². The minimum atomic E-state index is 0.0477. The van der Waals surface area contributed by atoms with Gasteiger partial charge in [0.25, 0.3) is 0 Å². The molecule has 0 aliphatic heterocycles. The van der Waals surface area contributed by atoms with Crippen LogP contribution in [0.2, 0.25) is 0 Å². The van der Waals surface area contributed by atoms with Gasteiger partial charge in [-0.1, -0.05) is 35.5 Å². The molecular weight excluding hydrogens is 368 g/mol. The van der Waals surface area contributed by atoms with Gasteiger partial charge >= 0.3 is 0 Å². The van der Waals surface area contributed by atoms with Crippen LogP contribution < -0.4 is 10.5 Å². The fourth-order valence-electron chi connectivity index (χ4n) is 2.96. The maximum Gasteiger partial charge on any atom is 0.227 e.